The van der Waals surface area contributed by atoms with Crippen molar-refractivity contribution in [3.05, 3.63) is 29.8 Å². The number of fused-ring (bicyclic) bond motifs is 1. The van der Waals surface area contributed by atoms with Gasteiger partial charge in [0.2, 0.25) is 0 Å². The van der Waals surface area contributed by atoms with Gasteiger partial charge in [0.1, 0.15) is 0 Å². The summed E-state index contributed by atoms with van der Waals surface area (Å²) in [6, 6.07) is 7.60. The molecule has 1 aromatic rings. The summed E-state index contributed by atoms with van der Waals surface area (Å²) in [6.45, 7) is 0. The van der Waals surface area contributed by atoms with Crippen LogP contribution in [-0.4, -0.2) is 18.6 Å². The Bertz CT molecular complexity index is 337. The molecule has 1 aliphatic rings. The Hall–Kier alpha value is -1.29. The number of hydrogen-bond acceptors (Lipinski definition) is 2. The standard InChI is InChI=1S/C9H8BO3/c11-9(12)5-8-6-3-1-2-4-7(6)10-13-8/h1-4,8H,5H2,(H,11,12)/t8-/m1/s1. The number of aliphatic carboxylic acids is 1. The fourth-order valence-corrected chi connectivity index (χ4v) is 1.46. The van der Waals surface area contributed by atoms with E-state index in [1.807, 2.05) is 24.3 Å². The molecule has 0 fully saturated rings. The summed E-state index contributed by atoms with van der Waals surface area (Å²) in [5, 5.41) is 8.61. The molecule has 0 saturated carbocycles. The molecule has 1 N–H and O–H groups in total. The van der Waals surface area contributed by atoms with E-state index in [1.165, 1.54) is 0 Å². The van der Waals surface area contributed by atoms with Gasteiger partial charge in [-0.15, -0.1) is 0 Å². The normalized spacial score (nSPS) is 19.2. The topological polar surface area (TPSA) is 46.5 Å². The zero-order valence-corrected chi connectivity index (χ0v) is 6.93. The maximum absolute atomic E-state index is 10.5. The van der Waals surface area contributed by atoms with Crippen LogP contribution in [0.4, 0.5) is 0 Å². The van der Waals surface area contributed by atoms with Crippen molar-refractivity contribution in [1.29, 1.82) is 0 Å². The van der Waals surface area contributed by atoms with Crippen LogP contribution >= 0.6 is 0 Å². The molecular formula is C9H8BO3. The Balaban J connectivity index is 2.23. The lowest BCUT2D eigenvalue weighted by Crippen LogP contribution is -2.09. The smallest absolute Gasteiger partial charge is 0.331 e. The third-order valence-corrected chi connectivity index (χ3v) is 2.06. The Labute approximate surface area is 76.6 Å². The minimum absolute atomic E-state index is 0.0213. The first-order valence-corrected chi connectivity index (χ1v) is 4.07. The van der Waals surface area contributed by atoms with Gasteiger partial charge in [-0.2, -0.15) is 0 Å². The van der Waals surface area contributed by atoms with Crippen molar-refractivity contribution in [2.24, 2.45) is 0 Å². The molecule has 4 heteroatoms. The number of carboxylic acid groups (broad SMARTS) is 1. The van der Waals surface area contributed by atoms with Gasteiger partial charge in [-0.3, -0.25) is 4.79 Å². The highest BCUT2D eigenvalue weighted by atomic mass is 16.4. The Morgan fingerprint density at radius 3 is 3.08 bits per heavy atom. The molecule has 2 rings (SSSR count). The average molecular weight is 175 g/mol. The quantitative estimate of drug-likeness (QED) is 0.664. The Morgan fingerprint density at radius 1 is 1.54 bits per heavy atom. The van der Waals surface area contributed by atoms with Crippen LogP contribution < -0.4 is 5.46 Å². The molecule has 13 heavy (non-hydrogen) atoms. The predicted octanol–water partition coefficient (Wildman–Crippen LogP) is 0.477. The fraction of sp³-hybridized carbons (Fsp3) is 0.222. The van der Waals surface area contributed by atoms with Crippen LogP contribution in [0.3, 0.4) is 0 Å². The first kappa shape index (κ1) is 8.32. The molecule has 0 bridgehead atoms. The van der Waals surface area contributed by atoms with Gasteiger partial charge in [-0.1, -0.05) is 24.3 Å². The molecule has 0 aromatic heterocycles. The molecule has 65 valence electrons. The van der Waals surface area contributed by atoms with E-state index in [2.05, 4.69) is 0 Å². The summed E-state index contributed by atoms with van der Waals surface area (Å²) < 4.78 is 5.23. The van der Waals surface area contributed by atoms with Crippen LogP contribution in [0.15, 0.2) is 24.3 Å². The first-order valence-electron chi connectivity index (χ1n) is 4.07. The second-order valence-corrected chi connectivity index (χ2v) is 2.97. The fourth-order valence-electron chi connectivity index (χ4n) is 1.46. The van der Waals surface area contributed by atoms with E-state index in [-0.39, 0.29) is 12.5 Å². The third-order valence-electron chi connectivity index (χ3n) is 2.06. The largest absolute Gasteiger partial charge is 0.481 e. The average Bonchev–Trinajstić information content (AvgIpc) is 2.48. The molecule has 1 heterocycles. The summed E-state index contributed by atoms with van der Waals surface area (Å²) >= 11 is 0. The monoisotopic (exact) mass is 175 g/mol. The number of carbonyl (C=O) groups is 1. The number of benzene rings is 1. The first-order chi connectivity index (χ1) is 6.27. The van der Waals surface area contributed by atoms with Crippen LogP contribution in [-0.2, 0) is 9.45 Å². The van der Waals surface area contributed by atoms with E-state index in [0.29, 0.717) is 0 Å². The van der Waals surface area contributed by atoms with Crippen molar-refractivity contribution in [3.8, 4) is 0 Å². The number of rotatable bonds is 2. The molecule has 0 unspecified atom stereocenters. The SMILES string of the molecule is O=C(O)C[C@H]1O[B]c2ccccc21. The highest BCUT2D eigenvalue weighted by Gasteiger charge is 2.25. The maximum atomic E-state index is 10.5. The molecule has 1 radical (unpaired) electrons. The number of carboxylic acids is 1. The van der Waals surface area contributed by atoms with Crippen molar-refractivity contribution in [3.63, 3.8) is 0 Å². The van der Waals surface area contributed by atoms with Gasteiger partial charge in [-0.25, -0.2) is 0 Å². The molecule has 0 aliphatic carbocycles. The summed E-state index contributed by atoms with van der Waals surface area (Å²) in [4.78, 5) is 10.5. The number of hydrogen-bond donors (Lipinski definition) is 1. The van der Waals surface area contributed by atoms with Gasteiger partial charge in [0.05, 0.1) is 12.5 Å². The van der Waals surface area contributed by atoms with Crippen molar-refractivity contribution in [2.45, 2.75) is 12.5 Å². The van der Waals surface area contributed by atoms with Crippen molar-refractivity contribution < 1.29 is 14.6 Å². The highest BCUT2D eigenvalue weighted by Crippen LogP contribution is 2.23. The van der Waals surface area contributed by atoms with Crippen LogP contribution in [0.1, 0.15) is 18.1 Å². The molecule has 3 nitrogen and oxygen atoms in total. The van der Waals surface area contributed by atoms with E-state index in [4.69, 9.17) is 9.76 Å². The molecule has 1 atom stereocenters. The van der Waals surface area contributed by atoms with Crippen LogP contribution in [0.25, 0.3) is 0 Å². The van der Waals surface area contributed by atoms with Gasteiger partial charge in [0, 0.05) is 0 Å². The zero-order chi connectivity index (χ0) is 9.26. The van der Waals surface area contributed by atoms with E-state index in [0.717, 1.165) is 11.0 Å². The Kier molecular flexibility index (Phi) is 2.06. The third kappa shape index (κ3) is 1.58. The van der Waals surface area contributed by atoms with Gasteiger partial charge >= 0.3 is 13.5 Å². The maximum Gasteiger partial charge on any atom is 0.331 e. The van der Waals surface area contributed by atoms with E-state index in [1.54, 1.807) is 7.48 Å². The lowest BCUT2D eigenvalue weighted by atomic mass is 9.86. The van der Waals surface area contributed by atoms with E-state index < -0.39 is 5.97 Å². The van der Waals surface area contributed by atoms with Crippen molar-refractivity contribution in [2.75, 3.05) is 0 Å². The molecule has 1 aromatic carbocycles. The van der Waals surface area contributed by atoms with Gasteiger partial charge in [0.15, 0.2) is 0 Å². The summed E-state index contributed by atoms with van der Waals surface area (Å²) in [6.07, 6.45) is -0.290. The second-order valence-electron chi connectivity index (χ2n) is 2.97. The molecule has 0 saturated heterocycles. The highest BCUT2D eigenvalue weighted by molar-refractivity contribution is 6.49. The van der Waals surface area contributed by atoms with Crippen LogP contribution in [0.5, 0.6) is 0 Å². The van der Waals surface area contributed by atoms with Crippen molar-refractivity contribution in [1.82, 2.24) is 0 Å². The summed E-state index contributed by atoms with van der Waals surface area (Å²) in [7, 11) is 1.61. The van der Waals surface area contributed by atoms with Gasteiger partial charge in [-0.05, 0) is 11.0 Å². The zero-order valence-electron chi connectivity index (χ0n) is 6.93. The summed E-state index contributed by atoms with van der Waals surface area (Å²) in [5.74, 6) is -0.838. The Morgan fingerprint density at radius 2 is 2.31 bits per heavy atom. The van der Waals surface area contributed by atoms with Crippen molar-refractivity contribution >= 4 is 18.9 Å². The predicted molar refractivity (Wildman–Crippen MR) is 47.9 cm³/mol. The summed E-state index contributed by atoms with van der Waals surface area (Å²) in [5.41, 5.74) is 1.94. The van der Waals surface area contributed by atoms with E-state index in [9.17, 15) is 4.79 Å². The minimum Gasteiger partial charge on any atom is -0.481 e. The van der Waals surface area contributed by atoms with Gasteiger partial charge in [0.25, 0.3) is 0 Å². The minimum atomic E-state index is -0.838. The van der Waals surface area contributed by atoms with Crippen LogP contribution in [0, 0.1) is 0 Å². The lowest BCUT2D eigenvalue weighted by molar-refractivity contribution is -0.138. The molecular weight excluding hydrogens is 167 g/mol. The molecule has 1 aliphatic heterocycles. The lowest BCUT2D eigenvalue weighted by Gasteiger charge is -2.08. The molecule has 0 amide bonds. The second kappa shape index (κ2) is 3.22. The van der Waals surface area contributed by atoms with E-state index >= 15 is 0 Å². The van der Waals surface area contributed by atoms with Gasteiger partial charge < -0.3 is 9.76 Å². The van der Waals surface area contributed by atoms with Crippen LogP contribution in [0.2, 0.25) is 0 Å². The molecule has 0 spiro atoms.